The molecular weight excluding hydrogens is 222 g/mol. The molecule has 0 aromatic carbocycles. The van der Waals surface area contributed by atoms with Gasteiger partial charge in [-0.2, -0.15) is 0 Å². The minimum absolute atomic E-state index is 0.351. The van der Waals surface area contributed by atoms with Crippen LogP contribution in [-0.2, 0) is 4.74 Å². The molecule has 2 rings (SSSR count). The first-order chi connectivity index (χ1) is 7.86. The van der Waals surface area contributed by atoms with Crippen LogP contribution in [0.2, 0.25) is 0 Å². The van der Waals surface area contributed by atoms with E-state index in [1.165, 1.54) is 0 Å². The quantitative estimate of drug-likeness (QED) is 0.812. The second-order valence-electron chi connectivity index (χ2n) is 4.06. The maximum atomic E-state index is 5.41. The number of rotatable bonds is 5. The predicted molar refractivity (Wildman–Crippen MR) is 65.8 cm³/mol. The Labute approximate surface area is 100 Å². The fraction of sp³-hybridized carbons (Fsp3) is 0.727. The molecule has 1 aromatic rings. The molecule has 1 aliphatic heterocycles. The fourth-order valence-electron chi connectivity index (χ4n) is 1.81. The molecular formula is C11H19N3OS. The van der Waals surface area contributed by atoms with Gasteiger partial charge in [-0.25, -0.2) is 4.98 Å². The van der Waals surface area contributed by atoms with Gasteiger partial charge in [0.15, 0.2) is 0 Å². The molecule has 16 heavy (non-hydrogen) atoms. The van der Waals surface area contributed by atoms with E-state index in [0.29, 0.717) is 12.1 Å². The normalized spacial score (nSPS) is 23.2. The summed E-state index contributed by atoms with van der Waals surface area (Å²) in [6.07, 6.45) is 2.96. The Morgan fingerprint density at radius 2 is 2.69 bits per heavy atom. The van der Waals surface area contributed by atoms with E-state index in [9.17, 15) is 0 Å². The second kappa shape index (κ2) is 6.30. The van der Waals surface area contributed by atoms with Gasteiger partial charge in [-0.3, -0.25) is 0 Å². The van der Waals surface area contributed by atoms with Crippen LogP contribution in [0, 0.1) is 0 Å². The first-order valence-electron chi connectivity index (χ1n) is 5.80. The lowest BCUT2D eigenvalue weighted by Crippen LogP contribution is -2.42. The second-order valence-corrected chi connectivity index (χ2v) is 4.99. The first-order valence-corrected chi connectivity index (χ1v) is 6.68. The van der Waals surface area contributed by atoms with Crippen LogP contribution in [-0.4, -0.2) is 37.3 Å². The van der Waals surface area contributed by atoms with Crippen LogP contribution >= 0.6 is 11.3 Å². The number of nitrogens with zero attached hydrogens (tertiary/aromatic N) is 1. The third-order valence-electron chi connectivity index (χ3n) is 2.76. The zero-order valence-corrected chi connectivity index (χ0v) is 10.4. The number of thiazole rings is 1. The largest absolute Gasteiger partial charge is 0.379 e. The predicted octanol–water partition coefficient (Wildman–Crippen LogP) is 1.17. The van der Waals surface area contributed by atoms with Gasteiger partial charge in [0.05, 0.1) is 19.3 Å². The van der Waals surface area contributed by atoms with Gasteiger partial charge in [0.2, 0.25) is 0 Å². The molecule has 2 heterocycles. The van der Waals surface area contributed by atoms with Gasteiger partial charge >= 0.3 is 0 Å². The highest BCUT2D eigenvalue weighted by Crippen LogP contribution is 2.14. The van der Waals surface area contributed by atoms with Crippen molar-refractivity contribution in [3.8, 4) is 0 Å². The molecule has 0 radical (unpaired) electrons. The summed E-state index contributed by atoms with van der Waals surface area (Å²) in [7, 11) is 0. The minimum atomic E-state index is 0.351. The molecule has 5 heteroatoms. The average molecular weight is 241 g/mol. The van der Waals surface area contributed by atoms with Crippen LogP contribution < -0.4 is 10.6 Å². The monoisotopic (exact) mass is 241 g/mol. The lowest BCUT2D eigenvalue weighted by molar-refractivity contribution is 0.0740. The average Bonchev–Trinajstić information content (AvgIpc) is 2.84. The van der Waals surface area contributed by atoms with Gasteiger partial charge < -0.3 is 15.4 Å². The molecule has 0 aliphatic carbocycles. The molecule has 4 nitrogen and oxygen atoms in total. The summed E-state index contributed by atoms with van der Waals surface area (Å²) in [5.41, 5.74) is 0. The van der Waals surface area contributed by atoms with Crippen molar-refractivity contribution < 1.29 is 4.74 Å². The highest BCUT2D eigenvalue weighted by Gasteiger charge is 2.13. The topological polar surface area (TPSA) is 46.2 Å². The Kier molecular flexibility index (Phi) is 4.71. The van der Waals surface area contributed by atoms with Gasteiger partial charge in [0, 0.05) is 24.2 Å². The highest BCUT2D eigenvalue weighted by molar-refractivity contribution is 7.09. The standard InChI is InChI=1S/C11H19N3OS/c1-9(11-14-5-7-16-11)12-3-2-10-8-15-6-4-13-10/h5,7,9-10,12-13H,2-4,6,8H2,1H3. The fourth-order valence-corrected chi connectivity index (χ4v) is 2.49. The zero-order chi connectivity index (χ0) is 11.2. The van der Waals surface area contributed by atoms with Gasteiger partial charge in [0.25, 0.3) is 0 Å². The Morgan fingerprint density at radius 3 is 3.38 bits per heavy atom. The van der Waals surface area contributed by atoms with Crippen molar-refractivity contribution in [3.63, 3.8) is 0 Å². The van der Waals surface area contributed by atoms with E-state index in [4.69, 9.17) is 4.74 Å². The number of hydrogen-bond acceptors (Lipinski definition) is 5. The number of aromatic nitrogens is 1. The Bertz CT molecular complexity index is 285. The van der Waals surface area contributed by atoms with E-state index in [-0.39, 0.29) is 0 Å². The number of ether oxygens (including phenoxy) is 1. The minimum Gasteiger partial charge on any atom is -0.379 e. The molecule has 1 aromatic heterocycles. The first kappa shape index (κ1) is 12.0. The molecule has 2 atom stereocenters. The van der Waals surface area contributed by atoms with E-state index in [0.717, 1.165) is 37.7 Å². The maximum Gasteiger partial charge on any atom is 0.109 e. The molecule has 2 unspecified atom stereocenters. The van der Waals surface area contributed by atoms with Gasteiger partial charge in [-0.1, -0.05) is 0 Å². The summed E-state index contributed by atoms with van der Waals surface area (Å²) in [5, 5.41) is 10.1. The van der Waals surface area contributed by atoms with Crippen molar-refractivity contribution in [2.45, 2.75) is 25.4 Å². The molecule has 0 amide bonds. The molecule has 90 valence electrons. The van der Waals surface area contributed by atoms with Gasteiger partial charge in [-0.15, -0.1) is 11.3 Å². The van der Waals surface area contributed by atoms with Crippen LogP contribution in [0.1, 0.15) is 24.4 Å². The number of morpholine rings is 1. The van der Waals surface area contributed by atoms with E-state index >= 15 is 0 Å². The Morgan fingerprint density at radius 1 is 1.75 bits per heavy atom. The lowest BCUT2D eigenvalue weighted by atomic mass is 10.2. The van der Waals surface area contributed by atoms with Crippen molar-refractivity contribution in [2.24, 2.45) is 0 Å². The lowest BCUT2D eigenvalue weighted by Gasteiger charge is -2.24. The van der Waals surface area contributed by atoms with Crippen molar-refractivity contribution in [3.05, 3.63) is 16.6 Å². The Hall–Kier alpha value is -0.490. The van der Waals surface area contributed by atoms with Crippen LogP contribution in [0.5, 0.6) is 0 Å². The van der Waals surface area contributed by atoms with Gasteiger partial charge in [-0.05, 0) is 19.9 Å². The summed E-state index contributed by atoms with van der Waals surface area (Å²) in [5.74, 6) is 0. The maximum absolute atomic E-state index is 5.41. The summed E-state index contributed by atoms with van der Waals surface area (Å²) in [6, 6.07) is 0.856. The summed E-state index contributed by atoms with van der Waals surface area (Å²) in [6.45, 7) is 5.82. The molecule has 0 spiro atoms. The molecule has 0 bridgehead atoms. The number of hydrogen-bond donors (Lipinski definition) is 2. The molecule has 1 saturated heterocycles. The van der Waals surface area contributed by atoms with Crippen molar-refractivity contribution >= 4 is 11.3 Å². The van der Waals surface area contributed by atoms with E-state index in [1.54, 1.807) is 11.3 Å². The zero-order valence-electron chi connectivity index (χ0n) is 9.61. The van der Waals surface area contributed by atoms with Crippen molar-refractivity contribution in [1.82, 2.24) is 15.6 Å². The third-order valence-corrected chi connectivity index (χ3v) is 3.72. The highest BCUT2D eigenvalue weighted by atomic mass is 32.1. The third kappa shape index (κ3) is 3.52. The molecule has 1 fully saturated rings. The SMILES string of the molecule is CC(NCCC1COCCN1)c1nccs1. The van der Waals surface area contributed by atoms with Crippen molar-refractivity contribution in [2.75, 3.05) is 26.3 Å². The summed E-state index contributed by atoms with van der Waals surface area (Å²) >= 11 is 1.70. The van der Waals surface area contributed by atoms with Crippen molar-refractivity contribution in [1.29, 1.82) is 0 Å². The van der Waals surface area contributed by atoms with Crippen LogP contribution in [0.25, 0.3) is 0 Å². The molecule has 1 aliphatic rings. The molecule has 0 saturated carbocycles. The summed E-state index contributed by atoms with van der Waals surface area (Å²) in [4.78, 5) is 4.30. The van der Waals surface area contributed by atoms with E-state index in [1.807, 2.05) is 11.6 Å². The Balaban J connectivity index is 1.63. The van der Waals surface area contributed by atoms with Crippen LogP contribution in [0.3, 0.4) is 0 Å². The number of nitrogens with one attached hydrogen (secondary N) is 2. The van der Waals surface area contributed by atoms with E-state index in [2.05, 4.69) is 22.5 Å². The van der Waals surface area contributed by atoms with Crippen LogP contribution in [0.15, 0.2) is 11.6 Å². The van der Waals surface area contributed by atoms with Crippen LogP contribution in [0.4, 0.5) is 0 Å². The van der Waals surface area contributed by atoms with E-state index < -0.39 is 0 Å². The molecule has 2 N–H and O–H groups in total. The smallest absolute Gasteiger partial charge is 0.109 e. The summed E-state index contributed by atoms with van der Waals surface area (Å²) < 4.78 is 5.41. The van der Waals surface area contributed by atoms with Gasteiger partial charge in [0.1, 0.15) is 5.01 Å².